The fourth-order valence-electron chi connectivity index (χ4n) is 4.23. The van der Waals surface area contributed by atoms with E-state index in [-0.39, 0.29) is 11.5 Å². The van der Waals surface area contributed by atoms with Crippen molar-refractivity contribution < 1.29 is 9.84 Å². The summed E-state index contributed by atoms with van der Waals surface area (Å²) in [5.41, 5.74) is 0.267. The zero-order chi connectivity index (χ0) is 12.0. The molecule has 3 aliphatic rings. The Balaban J connectivity index is 1.61. The van der Waals surface area contributed by atoms with Crippen molar-refractivity contribution in [3.8, 4) is 0 Å². The summed E-state index contributed by atoms with van der Waals surface area (Å²) in [5.74, 6) is 0.712. The van der Waals surface area contributed by atoms with Crippen molar-refractivity contribution >= 4 is 0 Å². The van der Waals surface area contributed by atoms with E-state index < -0.39 is 0 Å². The molecule has 2 N–H and O–H groups in total. The molecule has 3 fully saturated rings. The van der Waals surface area contributed by atoms with E-state index in [4.69, 9.17) is 4.74 Å². The van der Waals surface area contributed by atoms with Crippen LogP contribution in [0.5, 0.6) is 0 Å². The lowest BCUT2D eigenvalue weighted by Gasteiger charge is -2.56. The Morgan fingerprint density at radius 3 is 2.82 bits per heavy atom. The lowest BCUT2D eigenvalue weighted by Crippen LogP contribution is -2.67. The average Bonchev–Trinajstić information content (AvgIpc) is 2.72. The standard InChI is InChI=1S/C14H25NO2/c1-14(2)12(11-6-7-17-13(11)14)15-9-4-3-5-10(16)8-9/h9-13,15-16H,3-8H2,1-2H3. The fraction of sp³-hybridized carbons (Fsp3) is 1.00. The van der Waals surface area contributed by atoms with E-state index in [1.807, 2.05) is 0 Å². The quantitative estimate of drug-likeness (QED) is 0.770. The Morgan fingerprint density at radius 2 is 2.06 bits per heavy atom. The first-order valence-corrected chi connectivity index (χ1v) is 7.15. The Hall–Kier alpha value is -0.120. The van der Waals surface area contributed by atoms with Gasteiger partial charge in [0.1, 0.15) is 0 Å². The van der Waals surface area contributed by atoms with Crippen molar-refractivity contribution in [2.45, 2.75) is 70.2 Å². The van der Waals surface area contributed by atoms with E-state index in [1.54, 1.807) is 0 Å². The maximum Gasteiger partial charge on any atom is 0.0685 e. The molecular weight excluding hydrogens is 214 g/mol. The predicted molar refractivity (Wildman–Crippen MR) is 66.8 cm³/mol. The number of aliphatic hydroxyl groups excluding tert-OH is 1. The molecule has 0 amide bonds. The minimum atomic E-state index is -0.0833. The van der Waals surface area contributed by atoms with Gasteiger partial charge in [0, 0.05) is 30.0 Å². The Bertz CT molecular complexity index is 292. The molecule has 0 radical (unpaired) electrons. The summed E-state index contributed by atoms with van der Waals surface area (Å²) in [5, 5.41) is 13.5. The monoisotopic (exact) mass is 239 g/mol. The van der Waals surface area contributed by atoms with Gasteiger partial charge in [0.15, 0.2) is 0 Å². The SMILES string of the molecule is CC1(C)C(NC2CCCC(O)C2)C2CCOC21. The molecule has 3 nitrogen and oxygen atoms in total. The van der Waals surface area contributed by atoms with Crippen LogP contribution in [0.4, 0.5) is 0 Å². The molecule has 98 valence electrons. The summed E-state index contributed by atoms with van der Waals surface area (Å²) in [7, 11) is 0. The van der Waals surface area contributed by atoms with Gasteiger partial charge in [-0.3, -0.25) is 0 Å². The number of aliphatic hydroxyl groups is 1. The molecule has 5 unspecified atom stereocenters. The molecule has 0 aromatic heterocycles. The smallest absolute Gasteiger partial charge is 0.0685 e. The minimum absolute atomic E-state index is 0.0833. The average molecular weight is 239 g/mol. The summed E-state index contributed by atoms with van der Waals surface area (Å²) < 4.78 is 5.82. The molecule has 2 saturated carbocycles. The van der Waals surface area contributed by atoms with Gasteiger partial charge in [-0.2, -0.15) is 0 Å². The molecule has 5 atom stereocenters. The van der Waals surface area contributed by atoms with Crippen LogP contribution in [0.15, 0.2) is 0 Å². The summed E-state index contributed by atoms with van der Waals surface area (Å²) >= 11 is 0. The van der Waals surface area contributed by atoms with Crippen molar-refractivity contribution in [3.63, 3.8) is 0 Å². The van der Waals surface area contributed by atoms with Crippen LogP contribution < -0.4 is 5.32 Å². The number of rotatable bonds is 2. The van der Waals surface area contributed by atoms with Gasteiger partial charge in [-0.25, -0.2) is 0 Å². The van der Waals surface area contributed by atoms with Gasteiger partial charge >= 0.3 is 0 Å². The lowest BCUT2D eigenvalue weighted by atomic mass is 9.57. The molecule has 0 spiro atoms. The Kier molecular flexibility index (Phi) is 2.96. The number of hydrogen-bond acceptors (Lipinski definition) is 3. The molecule has 1 saturated heterocycles. The Morgan fingerprint density at radius 1 is 1.24 bits per heavy atom. The van der Waals surface area contributed by atoms with Crippen LogP contribution in [0.2, 0.25) is 0 Å². The third kappa shape index (κ3) is 1.92. The zero-order valence-electron chi connectivity index (χ0n) is 11.0. The van der Waals surface area contributed by atoms with Crippen LogP contribution in [0.25, 0.3) is 0 Å². The topological polar surface area (TPSA) is 41.5 Å². The largest absolute Gasteiger partial charge is 0.393 e. The van der Waals surface area contributed by atoms with Crippen LogP contribution in [0.3, 0.4) is 0 Å². The van der Waals surface area contributed by atoms with E-state index in [0.717, 1.165) is 25.9 Å². The molecule has 3 rings (SSSR count). The predicted octanol–water partition coefficient (Wildman–Crippen LogP) is 1.69. The van der Waals surface area contributed by atoms with Gasteiger partial charge in [-0.15, -0.1) is 0 Å². The van der Waals surface area contributed by atoms with Crippen molar-refractivity contribution in [1.29, 1.82) is 0 Å². The highest BCUT2D eigenvalue weighted by Gasteiger charge is 2.59. The second kappa shape index (κ2) is 4.22. The number of nitrogens with one attached hydrogen (secondary N) is 1. The van der Waals surface area contributed by atoms with Crippen LogP contribution in [0, 0.1) is 11.3 Å². The highest BCUT2D eigenvalue weighted by atomic mass is 16.5. The van der Waals surface area contributed by atoms with E-state index in [0.29, 0.717) is 24.1 Å². The summed E-state index contributed by atoms with van der Waals surface area (Å²) in [4.78, 5) is 0. The first-order valence-electron chi connectivity index (χ1n) is 7.15. The van der Waals surface area contributed by atoms with Crippen molar-refractivity contribution in [2.24, 2.45) is 11.3 Å². The van der Waals surface area contributed by atoms with Gasteiger partial charge in [0.2, 0.25) is 0 Å². The summed E-state index contributed by atoms with van der Waals surface area (Å²) in [6.07, 6.45) is 5.90. The lowest BCUT2D eigenvalue weighted by molar-refractivity contribution is -0.117. The first-order chi connectivity index (χ1) is 8.09. The molecule has 0 aromatic rings. The van der Waals surface area contributed by atoms with Crippen LogP contribution in [-0.4, -0.2) is 36.0 Å². The molecule has 3 heteroatoms. The van der Waals surface area contributed by atoms with Crippen molar-refractivity contribution in [2.75, 3.05) is 6.61 Å². The molecule has 0 aromatic carbocycles. The van der Waals surface area contributed by atoms with Crippen LogP contribution in [-0.2, 0) is 4.74 Å². The zero-order valence-corrected chi connectivity index (χ0v) is 11.0. The highest BCUT2D eigenvalue weighted by Crippen LogP contribution is 2.52. The summed E-state index contributed by atoms with van der Waals surface area (Å²) in [6, 6.07) is 1.11. The summed E-state index contributed by atoms with van der Waals surface area (Å²) in [6.45, 7) is 5.57. The van der Waals surface area contributed by atoms with Gasteiger partial charge in [-0.05, 0) is 32.1 Å². The van der Waals surface area contributed by atoms with E-state index in [1.165, 1.54) is 12.8 Å². The fourth-order valence-corrected chi connectivity index (χ4v) is 4.23. The van der Waals surface area contributed by atoms with Crippen molar-refractivity contribution in [3.05, 3.63) is 0 Å². The molecule has 17 heavy (non-hydrogen) atoms. The van der Waals surface area contributed by atoms with Gasteiger partial charge in [0.25, 0.3) is 0 Å². The molecule has 0 bridgehead atoms. The maximum atomic E-state index is 9.74. The Labute approximate surface area is 104 Å². The second-order valence-electron chi connectivity index (χ2n) is 6.73. The van der Waals surface area contributed by atoms with Gasteiger partial charge in [0.05, 0.1) is 12.2 Å². The maximum absolute atomic E-state index is 9.74. The van der Waals surface area contributed by atoms with Crippen LogP contribution in [0.1, 0.15) is 46.0 Å². The normalized spacial score (nSPS) is 48.5. The molecular formula is C14H25NO2. The van der Waals surface area contributed by atoms with E-state index in [9.17, 15) is 5.11 Å². The first kappa shape index (κ1) is 11.9. The number of ether oxygens (including phenoxy) is 1. The van der Waals surface area contributed by atoms with Crippen molar-refractivity contribution in [1.82, 2.24) is 5.32 Å². The third-order valence-electron chi connectivity index (χ3n) is 5.16. The van der Waals surface area contributed by atoms with Gasteiger partial charge in [-0.1, -0.05) is 13.8 Å². The van der Waals surface area contributed by atoms with Crippen LogP contribution >= 0.6 is 0 Å². The van der Waals surface area contributed by atoms with E-state index >= 15 is 0 Å². The number of hydrogen-bond donors (Lipinski definition) is 2. The highest BCUT2D eigenvalue weighted by molar-refractivity contribution is 5.12. The van der Waals surface area contributed by atoms with Gasteiger partial charge < -0.3 is 15.2 Å². The molecule has 1 heterocycles. The van der Waals surface area contributed by atoms with E-state index in [2.05, 4.69) is 19.2 Å². The third-order valence-corrected chi connectivity index (χ3v) is 5.16. The molecule has 1 aliphatic heterocycles. The number of fused-ring (bicyclic) bond motifs is 1. The molecule has 2 aliphatic carbocycles. The second-order valence-corrected chi connectivity index (χ2v) is 6.73. The minimum Gasteiger partial charge on any atom is -0.393 e.